The molecule has 0 spiro atoms. The number of ether oxygens (including phenoxy) is 1. The van der Waals surface area contributed by atoms with E-state index in [4.69, 9.17) is 32.9 Å². The number of aryl methyl sites for hydroxylation is 1. The average Bonchev–Trinajstić information content (AvgIpc) is 3.36. The van der Waals surface area contributed by atoms with Crippen LogP contribution in [0.1, 0.15) is 30.0 Å². The van der Waals surface area contributed by atoms with E-state index in [2.05, 4.69) is 18.9 Å². The molecule has 0 saturated heterocycles. The molecule has 2 aromatic carbocycles. The molecule has 4 aromatic rings. The quantitative estimate of drug-likeness (QED) is 0.248. The molecule has 0 fully saturated rings. The van der Waals surface area contributed by atoms with Crippen molar-refractivity contribution >= 4 is 52.3 Å². The van der Waals surface area contributed by atoms with Crippen molar-refractivity contribution in [2.45, 2.75) is 30.2 Å². The largest absolute Gasteiger partial charge is 0.496 e. The molecule has 2 aromatic heterocycles. The van der Waals surface area contributed by atoms with E-state index in [1.807, 2.05) is 24.3 Å². The number of rotatable bonds is 7. The number of methoxy groups -OCH3 is 1. The van der Waals surface area contributed by atoms with Crippen LogP contribution in [0.3, 0.4) is 0 Å². The van der Waals surface area contributed by atoms with Crippen LogP contribution in [0.15, 0.2) is 46.7 Å². The summed E-state index contributed by atoms with van der Waals surface area (Å²) in [7, 11) is 1.55. The van der Waals surface area contributed by atoms with Crippen LogP contribution in [-0.2, 0) is 0 Å². The van der Waals surface area contributed by atoms with Gasteiger partial charge >= 0.3 is 5.97 Å². The first-order valence-corrected chi connectivity index (χ1v) is 12.8. The van der Waals surface area contributed by atoms with Gasteiger partial charge in [0.15, 0.2) is 5.69 Å². The number of aromatic nitrogens is 3. The highest BCUT2D eigenvalue weighted by molar-refractivity contribution is 8.01. The molecule has 4 rings (SSSR count). The van der Waals surface area contributed by atoms with Crippen LogP contribution in [0.25, 0.3) is 27.5 Å². The zero-order chi connectivity index (χ0) is 24.6. The number of hydrogen-bond donors (Lipinski definition) is 1. The van der Waals surface area contributed by atoms with Gasteiger partial charge in [-0.15, -0.1) is 11.8 Å². The van der Waals surface area contributed by atoms with E-state index in [1.165, 1.54) is 16.0 Å². The molecule has 0 unspecified atom stereocenters. The number of nitrogens with zero attached hydrogens (tertiary/aromatic N) is 3. The summed E-state index contributed by atoms with van der Waals surface area (Å²) in [5.41, 5.74) is 3.24. The van der Waals surface area contributed by atoms with Crippen LogP contribution in [0, 0.1) is 6.92 Å². The Kier molecular flexibility index (Phi) is 7.23. The Morgan fingerprint density at radius 2 is 1.91 bits per heavy atom. The Balaban J connectivity index is 1.94. The maximum atomic E-state index is 12.5. The first-order valence-electron chi connectivity index (χ1n) is 10.3. The van der Waals surface area contributed by atoms with Gasteiger partial charge in [0.1, 0.15) is 5.75 Å². The predicted octanol–water partition coefficient (Wildman–Crippen LogP) is 7.49. The van der Waals surface area contributed by atoms with Gasteiger partial charge in [0.05, 0.1) is 32.8 Å². The van der Waals surface area contributed by atoms with E-state index in [9.17, 15) is 9.90 Å². The van der Waals surface area contributed by atoms with Crippen LogP contribution in [0.4, 0.5) is 0 Å². The lowest BCUT2D eigenvalue weighted by molar-refractivity contribution is 0.0688. The third-order valence-electron chi connectivity index (χ3n) is 4.94. The number of thiazole rings is 1. The fourth-order valence-electron chi connectivity index (χ4n) is 3.54. The van der Waals surface area contributed by atoms with Crippen molar-refractivity contribution in [2.24, 2.45) is 0 Å². The summed E-state index contributed by atoms with van der Waals surface area (Å²) < 4.78 is 7.82. The summed E-state index contributed by atoms with van der Waals surface area (Å²) in [5.74, 6) is -0.537. The summed E-state index contributed by atoms with van der Waals surface area (Å²) in [6, 6.07) is 12.6. The molecular weight excluding hydrogens is 513 g/mol. The van der Waals surface area contributed by atoms with E-state index in [1.54, 1.807) is 44.0 Å². The highest BCUT2D eigenvalue weighted by atomic mass is 35.5. The first kappa shape index (κ1) is 24.6. The zero-order valence-electron chi connectivity index (χ0n) is 18.8. The van der Waals surface area contributed by atoms with Crippen LogP contribution >= 0.6 is 46.3 Å². The molecule has 34 heavy (non-hydrogen) atoms. The maximum Gasteiger partial charge on any atom is 0.355 e. The van der Waals surface area contributed by atoms with Crippen molar-refractivity contribution in [2.75, 3.05) is 7.11 Å². The minimum Gasteiger partial charge on any atom is -0.496 e. The molecule has 176 valence electrons. The minimum atomic E-state index is -1.11. The zero-order valence-corrected chi connectivity index (χ0v) is 21.9. The molecule has 0 saturated carbocycles. The number of hydrogen-bond acceptors (Lipinski definition) is 6. The lowest BCUT2D eigenvalue weighted by atomic mass is 10.0. The SMILES string of the molecule is COc1ccccc1-c1c(C)nn(-c2nc(-c3ccc(Cl)c(Cl)c3)c(SC(C)C)s2)c1C(=O)O. The molecule has 6 nitrogen and oxygen atoms in total. The van der Waals surface area contributed by atoms with Gasteiger partial charge in [-0.1, -0.05) is 72.7 Å². The Morgan fingerprint density at radius 3 is 2.56 bits per heavy atom. The summed E-state index contributed by atoms with van der Waals surface area (Å²) in [6.07, 6.45) is 0. The second-order valence-corrected chi connectivity index (χ2v) is 11.3. The van der Waals surface area contributed by atoms with Crippen LogP contribution < -0.4 is 4.74 Å². The molecule has 10 heteroatoms. The van der Waals surface area contributed by atoms with Crippen molar-refractivity contribution in [3.05, 3.63) is 63.9 Å². The third-order valence-corrected chi connectivity index (χ3v) is 7.92. The van der Waals surface area contributed by atoms with Crippen LogP contribution in [0.2, 0.25) is 10.0 Å². The number of carboxylic acids is 1. The lowest BCUT2D eigenvalue weighted by Gasteiger charge is -2.09. The topological polar surface area (TPSA) is 77.2 Å². The number of benzene rings is 2. The molecule has 2 heterocycles. The number of carboxylic acid groups (broad SMARTS) is 1. The van der Waals surface area contributed by atoms with Gasteiger partial charge in [-0.2, -0.15) is 9.78 Å². The number of aromatic carboxylic acids is 1. The standard InChI is InChI=1S/C24H21Cl2N3O3S2/c1-12(2)33-23-20(14-9-10-16(25)17(26)11-14)27-24(34-23)29-21(22(30)31)19(13(3)28-29)15-7-5-6-8-18(15)32-4/h5-12H,1-4H3,(H,30,31). The summed E-state index contributed by atoms with van der Waals surface area (Å²) in [4.78, 5) is 17.3. The molecule has 0 atom stereocenters. The fraction of sp³-hybridized carbons (Fsp3) is 0.208. The van der Waals surface area contributed by atoms with Gasteiger partial charge in [-0.3, -0.25) is 0 Å². The fourth-order valence-corrected chi connectivity index (χ4v) is 6.32. The molecule has 0 radical (unpaired) electrons. The molecule has 0 aliphatic carbocycles. The molecule has 1 N–H and O–H groups in total. The van der Waals surface area contributed by atoms with Gasteiger partial charge < -0.3 is 9.84 Å². The van der Waals surface area contributed by atoms with Crippen molar-refractivity contribution < 1.29 is 14.6 Å². The van der Waals surface area contributed by atoms with E-state index < -0.39 is 5.97 Å². The minimum absolute atomic E-state index is 0.0255. The Hall–Kier alpha value is -2.52. The summed E-state index contributed by atoms with van der Waals surface area (Å²) >= 11 is 15.4. The normalized spacial score (nSPS) is 11.3. The van der Waals surface area contributed by atoms with Gasteiger partial charge in [0, 0.05) is 21.9 Å². The summed E-state index contributed by atoms with van der Waals surface area (Å²) in [6.45, 7) is 5.95. The number of carbonyl (C=O) groups is 1. The van der Waals surface area contributed by atoms with Crippen LogP contribution in [-0.4, -0.2) is 38.2 Å². The lowest BCUT2D eigenvalue weighted by Crippen LogP contribution is -2.09. The smallest absolute Gasteiger partial charge is 0.355 e. The molecule has 0 aliphatic rings. The highest BCUT2D eigenvalue weighted by Gasteiger charge is 2.28. The monoisotopic (exact) mass is 533 g/mol. The van der Waals surface area contributed by atoms with Crippen molar-refractivity contribution in [3.8, 4) is 33.3 Å². The first-order chi connectivity index (χ1) is 16.2. The van der Waals surface area contributed by atoms with Crippen molar-refractivity contribution in [3.63, 3.8) is 0 Å². The molecule has 0 bridgehead atoms. The highest BCUT2D eigenvalue weighted by Crippen LogP contribution is 2.42. The van der Waals surface area contributed by atoms with Gasteiger partial charge in [0.25, 0.3) is 0 Å². The van der Waals surface area contributed by atoms with E-state index >= 15 is 0 Å². The molecule has 0 amide bonds. The molecular formula is C24H21Cl2N3O3S2. The van der Waals surface area contributed by atoms with E-state index in [-0.39, 0.29) is 10.9 Å². The van der Waals surface area contributed by atoms with Crippen molar-refractivity contribution in [1.29, 1.82) is 0 Å². The third kappa shape index (κ3) is 4.68. The second-order valence-electron chi connectivity index (χ2n) is 7.65. The number of thioether (sulfide) groups is 1. The Bertz CT molecular complexity index is 1380. The van der Waals surface area contributed by atoms with Gasteiger partial charge in [-0.25, -0.2) is 9.78 Å². The van der Waals surface area contributed by atoms with E-state index in [0.29, 0.717) is 43.4 Å². The number of halogens is 2. The maximum absolute atomic E-state index is 12.5. The van der Waals surface area contributed by atoms with Crippen LogP contribution in [0.5, 0.6) is 5.75 Å². The second kappa shape index (κ2) is 10.00. The van der Waals surface area contributed by atoms with Gasteiger partial charge in [-0.05, 0) is 25.1 Å². The Morgan fingerprint density at radius 1 is 1.18 bits per heavy atom. The molecule has 0 aliphatic heterocycles. The van der Waals surface area contributed by atoms with Gasteiger partial charge in [0.2, 0.25) is 5.13 Å². The predicted molar refractivity (Wildman–Crippen MR) is 139 cm³/mol. The van der Waals surface area contributed by atoms with Crippen molar-refractivity contribution in [1.82, 2.24) is 14.8 Å². The summed E-state index contributed by atoms with van der Waals surface area (Å²) in [5, 5.41) is 16.4. The Labute approximate surface area is 215 Å². The number of para-hydroxylation sites is 1. The van der Waals surface area contributed by atoms with E-state index in [0.717, 1.165) is 9.77 Å². The average molecular weight is 534 g/mol.